The second-order valence-electron chi connectivity index (χ2n) is 5.29. The molecule has 1 aromatic rings. The first-order valence-corrected chi connectivity index (χ1v) is 7.61. The third-order valence-corrected chi connectivity index (χ3v) is 4.20. The highest BCUT2D eigenvalue weighted by molar-refractivity contribution is 5.44. The average molecular weight is 294 g/mol. The van der Waals surface area contributed by atoms with Crippen LogP contribution in [0.4, 0.5) is 0 Å². The van der Waals surface area contributed by atoms with Gasteiger partial charge in [-0.25, -0.2) is 0 Å². The van der Waals surface area contributed by atoms with E-state index in [4.69, 9.17) is 20.1 Å². The molecule has 5 nitrogen and oxygen atoms in total. The van der Waals surface area contributed by atoms with Crippen molar-refractivity contribution in [2.24, 2.45) is 5.84 Å². The van der Waals surface area contributed by atoms with Crippen LogP contribution in [0.3, 0.4) is 0 Å². The summed E-state index contributed by atoms with van der Waals surface area (Å²) >= 11 is 0. The first-order valence-electron chi connectivity index (χ1n) is 7.61. The number of hydrogen-bond donors (Lipinski definition) is 2. The molecule has 21 heavy (non-hydrogen) atoms. The number of rotatable bonds is 8. The van der Waals surface area contributed by atoms with E-state index >= 15 is 0 Å². The molecule has 1 unspecified atom stereocenters. The minimum Gasteiger partial charge on any atom is -0.490 e. The molecule has 1 fully saturated rings. The Hall–Kier alpha value is -1.30. The summed E-state index contributed by atoms with van der Waals surface area (Å²) in [6, 6.07) is 5.91. The first kappa shape index (κ1) is 16.1. The van der Waals surface area contributed by atoms with Gasteiger partial charge in [0, 0.05) is 7.11 Å². The third kappa shape index (κ3) is 3.15. The molecule has 5 heteroatoms. The minimum absolute atomic E-state index is 0.0499. The Balaban J connectivity index is 2.31. The molecule has 0 bridgehead atoms. The van der Waals surface area contributed by atoms with Crippen LogP contribution in [0.25, 0.3) is 0 Å². The van der Waals surface area contributed by atoms with Gasteiger partial charge in [-0.3, -0.25) is 11.3 Å². The Kier molecular flexibility index (Phi) is 5.45. The quantitative estimate of drug-likeness (QED) is 0.570. The van der Waals surface area contributed by atoms with Crippen LogP contribution in [0.5, 0.6) is 11.5 Å². The molecule has 0 aromatic heterocycles. The van der Waals surface area contributed by atoms with Crippen LogP contribution < -0.4 is 20.7 Å². The highest BCUT2D eigenvalue weighted by atomic mass is 16.5. The van der Waals surface area contributed by atoms with Crippen LogP contribution in [-0.2, 0) is 4.74 Å². The van der Waals surface area contributed by atoms with Gasteiger partial charge in [-0.2, -0.15) is 0 Å². The largest absolute Gasteiger partial charge is 0.490 e. The maximum absolute atomic E-state index is 5.79. The van der Waals surface area contributed by atoms with E-state index in [-0.39, 0.29) is 11.6 Å². The smallest absolute Gasteiger partial charge is 0.161 e. The van der Waals surface area contributed by atoms with Gasteiger partial charge in [0.05, 0.1) is 24.9 Å². The van der Waals surface area contributed by atoms with E-state index in [2.05, 4.69) is 5.43 Å². The van der Waals surface area contributed by atoms with E-state index in [1.807, 2.05) is 32.0 Å². The molecule has 118 valence electrons. The number of hydrazine groups is 1. The standard InChI is InChI=1S/C16H26N2O3/c1-4-20-13-8-7-12(11-14(13)21-5-2)15(18-17)16(19-3)9-6-10-16/h7-8,11,15,18H,4-6,9-10,17H2,1-3H3. The molecule has 0 aliphatic heterocycles. The van der Waals surface area contributed by atoms with Crippen molar-refractivity contribution in [3.63, 3.8) is 0 Å². The number of benzene rings is 1. The lowest BCUT2D eigenvalue weighted by atomic mass is 9.72. The van der Waals surface area contributed by atoms with E-state index in [0.29, 0.717) is 13.2 Å². The van der Waals surface area contributed by atoms with Gasteiger partial charge in [0.1, 0.15) is 0 Å². The molecule has 0 spiro atoms. The summed E-state index contributed by atoms with van der Waals surface area (Å²) in [5.74, 6) is 7.31. The number of nitrogens with one attached hydrogen (secondary N) is 1. The van der Waals surface area contributed by atoms with Crippen molar-refractivity contribution in [3.05, 3.63) is 23.8 Å². The molecule has 1 atom stereocenters. The second-order valence-corrected chi connectivity index (χ2v) is 5.29. The summed E-state index contributed by atoms with van der Waals surface area (Å²) in [5, 5.41) is 0. The van der Waals surface area contributed by atoms with Crippen molar-refractivity contribution in [2.45, 2.75) is 44.8 Å². The van der Waals surface area contributed by atoms with Crippen molar-refractivity contribution < 1.29 is 14.2 Å². The topological polar surface area (TPSA) is 65.7 Å². The molecule has 1 aromatic carbocycles. The molecule has 2 rings (SSSR count). The van der Waals surface area contributed by atoms with Gasteiger partial charge in [-0.15, -0.1) is 0 Å². The molecule has 1 saturated carbocycles. The zero-order valence-corrected chi connectivity index (χ0v) is 13.1. The predicted octanol–water partition coefficient (Wildman–Crippen LogP) is 2.56. The Morgan fingerprint density at radius 2 is 1.86 bits per heavy atom. The van der Waals surface area contributed by atoms with Crippen LogP contribution in [-0.4, -0.2) is 25.9 Å². The summed E-state index contributed by atoms with van der Waals surface area (Å²) in [6.45, 7) is 5.13. The summed E-state index contributed by atoms with van der Waals surface area (Å²) in [7, 11) is 1.75. The molecule has 0 heterocycles. The number of methoxy groups -OCH3 is 1. The highest BCUT2D eigenvalue weighted by Crippen LogP contribution is 2.45. The lowest BCUT2D eigenvalue weighted by Gasteiger charge is -2.46. The van der Waals surface area contributed by atoms with Gasteiger partial charge in [0.25, 0.3) is 0 Å². The van der Waals surface area contributed by atoms with E-state index < -0.39 is 0 Å². The molecule has 3 N–H and O–H groups in total. The Labute approximate surface area is 126 Å². The fraction of sp³-hybridized carbons (Fsp3) is 0.625. The molecule has 1 aliphatic rings. The molecular weight excluding hydrogens is 268 g/mol. The van der Waals surface area contributed by atoms with Gasteiger partial charge in [-0.1, -0.05) is 6.07 Å². The third-order valence-electron chi connectivity index (χ3n) is 4.20. The second kappa shape index (κ2) is 7.11. The summed E-state index contributed by atoms with van der Waals surface area (Å²) in [5.41, 5.74) is 3.76. The highest BCUT2D eigenvalue weighted by Gasteiger charge is 2.45. The zero-order valence-electron chi connectivity index (χ0n) is 13.1. The monoisotopic (exact) mass is 294 g/mol. The van der Waals surface area contributed by atoms with E-state index in [0.717, 1.165) is 29.9 Å². The minimum atomic E-state index is -0.217. The molecule has 0 amide bonds. The van der Waals surface area contributed by atoms with E-state index in [9.17, 15) is 0 Å². The lowest BCUT2D eigenvalue weighted by molar-refractivity contribution is -0.0999. The Bertz CT molecular complexity index is 455. The summed E-state index contributed by atoms with van der Waals surface area (Å²) in [4.78, 5) is 0. The van der Waals surface area contributed by atoms with Crippen molar-refractivity contribution in [3.8, 4) is 11.5 Å². The van der Waals surface area contributed by atoms with Gasteiger partial charge in [0.2, 0.25) is 0 Å². The number of ether oxygens (including phenoxy) is 3. The van der Waals surface area contributed by atoms with Crippen molar-refractivity contribution in [1.82, 2.24) is 5.43 Å². The first-order chi connectivity index (χ1) is 10.2. The summed E-state index contributed by atoms with van der Waals surface area (Å²) < 4.78 is 17.0. The fourth-order valence-electron chi connectivity index (χ4n) is 2.93. The van der Waals surface area contributed by atoms with Gasteiger partial charge < -0.3 is 14.2 Å². The molecule has 1 aliphatic carbocycles. The fourth-order valence-corrected chi connectivity index (χ4v) is 2.93. The normalized spacial score (nSPS) is 17.9. The maximum Gasteiger partial charge on any atom is 0.161 e. The number of hydrogen-bond acceptors (Lipinski definition) is 5. The van der Waals surface area contributed by atoms with E-state index in [1.165, 1.54) is 6.42 Å². The van der Waals surface area contributed by atoms with E-state index in [1.54, 1.807) is 7.11 Å². The van der Waals surface area contributed by atoms with Crippen LogP contribution >= 0.6 is 0 Å². The Morgan fingerprint density at radius 3 is 2.33 bits per heavy atom. The van der Waals surface area contributed by atoms with Crippen molar-refractivity contribution >= 4 is 0 Å². The average Bonchev–Trinajstić information content (AvgIpc) is 2.45. The SMILES string of the molecule is CCOc1ccc(C(NN)C2(OC)CCC2)cc1OCC. The molecule has 0 radical (unpaired) electrons. The van der Waals surface area contributed by atoms with Gasteiger partial charge in [-0.05, 0) is 50.8 Å². The summed E-state index contributed by atoms with van der Waals surface area (Å²) in [6.07, 6.45) is 3.19. The van der Waals surface area contributed by atoms with Gasteiger partial charge >= 0.3 is 0 Å². The van der Waals surface area contributed by atoms with Crippen LogP contribution in [0, 0.1) is 0 Å². The predicted molar refractivity (Wildman–Crippen MR) is 82.4 cm³/mol. The molecule has 0 saturated heterocycles. The van der Waals surface area contributed by atoms with Crippen molar-refractivity contribution in [1.29, 1.82) is 0 Å². The van der Waals surface area contributed by atoms with Crippen LogP contribution in [0.2, 0.25) is 0 Å². The van der Waals surface area contributed by atoms with Crippen LogP contribution in [0.15, 0.2) is 18.2 Å². The number of nitrogens with two attached hydrogens (primary N) is 1. The van der Waals surface area contributed by atoms with Crippen LogP contribution in [0.1, 0.15) is 44.7 Å². The lowest BCUT2D eigenvalue weighted by Crippen LogP contribution is -2.52. The Morgan fingerprint density at radius 1 is 1.19 bits per heavy atom. The zero-order chi connectivity index (χ0) is 15.3. The van der Waals surface area contributed by atoms with Gasteiger partial charge in [0.15, 0.2) is 11.5 Å². The van der Waals surface area contributed by atoms with Crippen molar-refractivity contribution in [2.75, 3.05) is 20.3 Å². The maximum atomic E-state index is 5.79. The molecular formula is C16H26N2O3.